The molecule has 0 saturated carbocycles. The first kappa shape index (κ1) is 19.6. The van der Waals surface area contributed by atoms with Gasteiger partial charge in [0.05, 0.1) is 10.6 Å². The van der Waals surface area contributed by atoms with Crippen molar-refractivity contribution in [2.24, 2.45) is 0 Å². The number of amides is 2. The van der Waals surface area contributed by atoms with Gasteiger partial charge in [-0.05, 0) is 44.0 Å². The van der Waals surface area contributed by atoms with Crippen LogP contribution in [0.3, 0.4) is 0 Å². The van der Waals surface area contributed by atoms with Gasteiger partial charge in [0.25, 0.3) is 11.8 Å². The van der Waals surface area contributed by atoms with Crippen LogP contribution in [0.4, 0.5) is 0 Å². The summed E-state index contributed by atoms with van der Waals surface area (Å²) in [6.07, 6.45) is 3.20. The summed E-state index contributed by atoms with van der Waals surface area (Å²) in [7, 11) is 1.70. The molecule has 0 unspecified atom stereocenters. The van der Waals surface area contributed by atoms with Crippen LogP contribution in [-0.4, -0.2) is 57.8 Å². The molecule has 2 aromatic heterocycles. The van der Waals surface area contributed by atoms with E-state index in [9.17, 15) is 9.59 Å². The predicted octanol–water partition coefficient (Wildman–Crippen LogP) is 3.47. The molecule has 2 amide bonds. The number of hydrogen-bond acceptors (Lipinski definition) is 4. The summed E-state index contributed by atoms with van der Waals surface area (Å²) in [6.45, 7) is 2.98. The number of aromatic nitrogens is 2. The van der Waals surface area contributed by atoms with Gasteiger partial charge in [-0.2, -0.15) is 0 Å². The number of halogens is 2. The number of likely N-dealkylation sites (tertiary alicyclic amines) is 1. The van der Waals surface area contributed by atoms with Crippen LogP contribution >= 0.6 is 23.2 Å². The molecule has 0 spiro atoms. The molecule has 0 bridgehead atoms. The van der Waals surface area contributed by atoms with Crippen molar-refractivity contribution in [3.63, 3.8) is 0 Å². The van der Waals surface area contributed by atoms with Gasteiger partial charge in [0, 0.05) is 38.1 Å². The SMILES string of the molecule is Cc1ccc(C(=O)N2CCC[C@H](N(C)C(=O)c3nc(Cl)ccc3Cl)C2)cn1. The minimum atomic E-state index is -0.307. The maximum atomic E-state index is 12.8. The Hall–Kier alpha value is -2.18. The average molecular weight is 407 g/mol. The molecule has 1 atom stereocenters. The quantitative estimate of drug-likeness (QED) is 0.731. The highest BCUT2D eigenvalue weighted by atomic mass is 35.5. The van der Waals surface area contributed by atoms with Crippen LogP contribution in [0.5, 0.6) is 0 Å². The number of aryl methyl sites for hydroxylation is 1. The van der Waals surface area contributed by atoms with E-state index in [1.165, 1.54) is 6.07 Å². The minimum Gasteiger partial charge on any atom is -0.337 e. The summed E-state index contributed by atoms with van der Waals surface area (Å²) >= 11 is 12.0. The highest BCUT2D eigenvalue weighted by molar-refractivity contribution is 6.34. The third-order valence-electron chi connectivity index (χ3n) is 4.72. The van der Waals surface area contributed by atoms with Crippen molar-refractivity contribution in [1.29, 1.82) is 0 Å². The molecule has 1 fully saturated rings. The van der Waals surface area contributed by atoms with Gasteiger partial charge in [0.2, 0.25) is 0 Å². The molecule has 0 radical (unpaired) electrons. The van der Waals surface area contributed by atoms with Gasteiger partial charge < -0.3 is 9.80 Å². The van der Waals surface area contributed by atoms with Crippen molar-refractivity contribution >= 4 is 35.0 Å². The summed E-state index contributed by atoms with van der Waals surface area (Å²) in [5.41, 5.74) is 1.53. The number of carbonyl (C=O) groups is 2. The van der Waals surface area contributed by atoms with Crippen molar-refractivity contribution in [2.75, 3.05) is 20.1 Å². The van der Waals surface area contributed by atoms with E-state index in [4.69, 9.17) is 23.2 Å². The molecule has 1 aliphatic heterocycles. The molecule has 3 heterocycles. The Kier molecular flexibility index (Phi) is 5.97. The molecule has 8 heteroatoms. The van der Waals surface area contributed by atoms with Gasteiger partial charge in [-0.15, -0.1) is 0 Å². The van der Waals surface area contributed by atoms with E-state index >= 15 is 0 Å². The molecule has 0 aliphatic carbocycles. The average Bonchev–Trinajstić information content (AvgIpc) is 2.69. The van der Waals surface area contributed by atoms with Gasteiger partial charge >= 0.3 is 0 Å². The van der Waals surface area contributed by atoms with E-state index in [1.54, 1.807) is 35.2 Å². The Balaban J connectivity index is 1.73. The van der Waals surface area contributed by atoms with Gasteiger partial charge in [-0.1, -0.05) is 23.2 Å². The topological polar surface area (TPSA) is 66.4 Å². The molecule has 0 aromatic carbocycles. The van der Waals surface area contributed by atoms with Gasteiger partial charge in [0.1, 0.15) is 10.8 Å². The van der Waals surface area contributed by atoms with Crippen LogP contribution in [-0.2, 0) is 0 Å². The Morgan fingerprint density at radius 1 is 1.22 bits per heavy atom. The number of hydrogen-bond donors (Lipinski definition) is 0. The Morgan fingerprint density at radius 2 is 2.00 bits per heavy atom. The molecule has 1 aliphatic rings. The van der Waals surface area contributed by atoms with Crippen molar-refractivity contribution < 1.29 is 9.59 Å². The van der Waals surface area contributed by atoms with Crippen LogP contribution in [0.1, 0.15) is 39.4 Å². The molecule has 27 heavy (non-hydrogen) atoms. The molecular formula is C19H20Cl2N4O2. The van der Waals surface area contributed by atoms with Gasteiger partial charge in [-0.25, -0.2) is 4.98 Å². The highest BCUT2D eigenvalue weighted by Gasteiger charge is 2.30. The summed E-state index contributed by atoms with van der Waals surface area (Å²) in [6, 6.07) is 6.57. The first-order valence-electron chi connectivity index (χ1n) is 8.68. The number of likely N-dealkylation sites (N-methyl/N-ethyl adjacent to an activating group) is 1. The lowest BCUT2D eigenvalue weighted by molar-refractivity contribution is 0.0518. The molecule has 3 rings (SSSR count). The first-order chi connectivity index (χ1) is 12.9. The summed E-state index contributed by atoms with van der Waals surface area (Å²) in [5, 5.41) is 0.467. The maximum Gasteiger partial charge on any atom is 0.274 e. The summed E-state index contributed by atoms with van der Waals surface area (Å²) in [5.74, 6) is -0.384. The Morgan fingerprint density at radius 3 is 2.70 bits per heavy atom. The minimum absolute atomic E-state index is 0.0769. The van der Waals surface area contributed by atoms with E-state index in [0.717, 1.165) is 18.5 Å². The van der Waals surface area contributed by atoms with Crippen LogP contribution < -0.4 is 0 Å². The summed E-state index contributed by atoms with van der Waals surface area (Å²) in [4.78, 5) is 37.2. The van der Waals surface area contributed by atoms with E-state index in [-0.39, 0.29) is 33.7 Å². The molecule has 6 nitrogen and oxygen atoms in total. The van der Waals surface area contributed by atoms with E-state index in [1.807, 2.05) is 13.0 Å². The van der Waals surface area contributed by atoms with Crippen molar-refractivity contribution in [3.8, 4) is 0 Å². The van der Waals surface area contributed by atoms with Gasteiger partial charge in [0.15, 0.2) is 0 Å². The van der Waals surface area contributed by atoms with Crippen molar-refractivity contribution in [3.05, 3.63) is 57.6 Å². The second kappa shape index (κ2) is 8.23. The number of pyridine rings is 2. The number of rotatable bonds is 3. The molecule has 1 saturated heterocycles. The normalized spacial score (nSPS) is 16.9. The maximum absolute atomic E-state index is 12.8. The molecule has 2 aromatic rings. The second-order valence-corrected chi connectivity index (χ2v) is 7.41. The van der Waals surface area contributed by atoms with E-state index < -0.39 is 0 Å². The van der Waals surface area contributed by atoms with Crippen LogP contribution in [0.25, 0.3) is 0 Å². The number of carbonyl (C=O) groups excluding carboxylic acids is 2. The third kappa shape index (κ3) is 4.39. The van der Waals surface area contributed by atoms with E-state index in [0.29, 0.717) is 18.7 Å². The fourth-order valence-electron chi connectivity index (χ4n) is 3.13. The van der Waals surface area contributed by atoms with Crippen LogP contribution in [0.2, 0.25) is 10.2 Å². The highest BCUT2D eigenvalue weighted by Crippen LogP contribution is 2.22. The van der Waals surface area contributed by atoms with E-state index in [2.05, 4.69) is 9.97 Å². The first-order valence-corrected chi connectivity index (χ1v) is 9.43. The zero-order valence-corrected chi connectivity index (χ0v) is 16.7. The molecular weight excluding hydrogens is 387 g/mol. The zero-order chi connectivity index (χ0) is 19.6. The number of nitrogens with zero attached hydrogens (tertiary/aromatic N) is 4. The lowest BCUT2D eigenvalue weighted by Gasteiger charge is -2.37. The van der Waals surface area contributed by atoms with Gasteiger partial charge in [-0.3, -0.25) is 14.6 Å². The third-order valence-corrected chi connectivity index (χ3v) is 5.24. The largest absolute Gasteiger partial charge is 0.337 e. The standard InChI is InChI=1S/C19H20Cl2N4O2/c1-12-5-6-13(10-22-12)18(26)25-9-3-4-14(11-25)24(2)19(27)17-15(20)7-8-16(21)23-17/h5-8,10,14H,3-4,9,11H2,1-2H3/t14-/m0/s1. The Bertz CT molecular complexity index is 857. The lowest BCUT2D eigenvalue weighted by Crippen LogP contribution is -2.50. The van der Waals surface area contributed by atoms with Crippen molar-refractivity contribution in [2.45, 2.75) is 25.8 Å². The molecule has 142 valence electrons. The monoisotopic (exact) mass is 406 g/mol. The molecule has 0 N–H and O–H groups in total. The van der Waals surface area contributed by atoms with Crippen LogP contribution in [0.15, 0.2) is 30.5 Å². The van der Waals surface area contributed by atoms with Crippen LogP contribution in [0, 0.1) is 6.92 Å². The fraction of sp³-hybridized carbons (Fsp3) is 0.368. The predicted molar refractivity (Wildman–Crippen MR) is 104 cm³/mol. The Labute approximate surface area is 168 Å². The number of piperidine rings is 1. The summed E-state index contributed by atoms with van der Waals surface area (Å²) < 4.78 is 0. The smallest absolute Gasteiger partial charge is 0.274 e. The zero-order valence-electron chi connectivity index (χ0n) is 15.2. The lowest BCUT2D eigenvalue weighted by atomic mass is 10.0. The van der Waals surface area contributed by atoms with Crippen molar-refractivity contribution in [1.82, 2.24) is 19.8 Å². The second-order valence-electron chi connectivity index (χ2n) is 6.62. The fourth-order valence-corrected chi connectivity index (χ4v) is 3.47.